The fourth-order valence-corrected chi connectivity index (χ4v) is 2.94. The van der Waals surface area contributed by atoms with Crippen LogP contribution in [-0.4, -0.2) is 30.5 Å². The third-order valence-electron chi connectivity index (χ3n) is 4.47. The van der Waals surface area contributed by atoms with Crippen molar-refractivity contribution in [3.05, 3.63) is 107 Å². The monoisotopic (exact) mass is 390 g/mol. The first-order valence-electron chi connectivity index (χ1n) is 9.41. The molecule has 29 heavy (non-hydrogen) atoms. The molecule has 0 spiro atoms. The minimum absolute atomic E-state index is 0.235. The van der Waals surface area contributed by atoms with E-state index in [4.69, 9.17) is 4.74 Å². The van der Waals surface area contributed by atoms with Crippen molar-refractivity contribution in [1.29, 1.82) is 0 Å². The van der Waals surface area contributed by atoms with Gasteiger partial charge in [0, 0.05) is 18.7 Å². The molecule has 0 aromatic heterocycles. The summed E-state index contributed by atoms with van der Waals surface area (Å²) in [5.74, 6) is -0.870. The number of hydrogen-bond donors (Lipinski definition) is 0. The van der Waals surface area contributed by atoms with E-state index < -0.39 is 11.7 Å². The molecule has 0 radical (unpaired) electrons. The van der Waals surface area contributed by atoms with E-state index in [0.29, 0.717) is 18.7 Å². The van der Waals surface area contributed by atoms with Gasteiger partial charge in [0.1, 0.15) is 5.82 Å². The first-order chi connectivity index (χ1) is 14.2. The van der Waals surface area contributed by atoms with Crippen LogP contribution in [0.1, 0.15) is 21.5 Å². The molecule has 148 valence electrons. The Bertz CT molecular complexity index is 942. The molecule has 0 bridgehead atoms. The molecule has 5 heteroatoms. The highest BCUT2D eigenvalue weighted by Gasteiger charge is 2.16. The van der Waals surface area contributed by atoms with Gasteiger partial charge in [0.25, 0.3) is 11.9 Å². The van der Waals surface area contributed by atoms with E-state index >= 15 is 0 Å². The van der Waals surface area contributed by atoms with E-state index in [0.717, 1.165) is 12.0 Å². The molecular weight excluding hydrogens is 367 g/mol. The van der Waals surface area contributed by atoms with Crippen molar-refractivity contribution < 1.29 is 13.9 Å². The van der Waals surface area contributed by atoms with Gasteiger partial charge in [0.05, 0.1) is 7.11 Å². The molecule has 3 rings (SSSR count). The molecule has 0 saturated carbocycles. The third-order valence-corrected chi connectivity index (χ3v) is 4.47. The predicted octanol–water partition coefficient (Wildman–Crippen LogP) is 4.71. The van der Waals surface area contributed by atoms with E-state index in [1.54, 1.807) is 0 Å². The smallest absolute Gasteiger partial charge is 0.295 e. The van der Waals surface area contributed by atoms with Crippen molar-refractivity contribution >= 4 is 11.9 Å². The second kappa shape index (κ2) is 10.2. The molecule has 3 aromatic carbocycles. The number of methoxy groups -OCH3 is 1. The van der Waals surface area contributed by atoms with Crippen LogP contribution in [0, 0.1) is 5.82 Å². The molecule has 0 unspecified atom stereocenters. The number of amides is 1. The molecule has 0 saturated heterocycles. The molecule has 0 heterocycles. The lowest BCUT2D eigenvalue weighted by atomic mass is 10.1. The van der Waals surface area contributed by atoms with Crippen LogP contribution in [0.25, 0.3) is 0 Å². The zero-order chi connectivity index (χ0) is 20.5. The second-order valence-electron chi connectivity index (χ2n) is 6.55. The molecule has 1 amide bonds. The Hall–Kier alpha value is -3.47. The number of nitrogens with zero attached hydrogens (tertiary/aromatic N) is 2. The Labute approximate surface area is 170 Å². The van der Waals surface area contributed by atoms with Gasteiger partial charge in [-0.3, -0.25) is 4.79 Å². The summed E-state index contributed by atoms with van der Waals surface area (Å²) in [5.41, 5.74) is 2.58. The van der Waals surface area contributed by atoms with Gasteiger partial charge >= 0.3 is 0 Å². The van der Waals surface area contributed by atoms with E-state index in [1.807, 2.05) is 53.4 Å². The number of halogens is 1. The van der Waals surface area contributed by atoms with Gasteiger partial charge in [0.2, 0.25) is 0 Å². The van der Waals surface area contributed by atoms with Gasteiger partial charge in [-0.1, -0.05) is 60.7 Å². The van der Waals surface area contributed by atoms with Crippen molar-refractivity contribution in [2.24, 2.45) is 4.99 Å². The van der Waals surface area contributed by atoms with Crippen LogP contribution in [0.5, 0.6) is 0 Å². The van der Waals surface area contributed by atoms with E-state index in [2.05, 4.69) is 17.1 Å². The van der Waals surface area contributed by atoms with Crippen LogP contribution >= 0.6 is 0 Å². The Morgan fingerprint density at radius 2 is 1.48 bits per heavy atom. The van der Waals surface area contributed by atoms with Gasteiger partial charge in [0.15, 0.2) is 0 Å². The number of carbonyl (C=O) groups is 1. The van der Waals surface area contributed by atoms with Crippen LogP contribution < -0.4 is 0 Å². The van der Waals surface area contributed by atoms with Crippen molar-refractivity contribution in [3.8, 4) is 0 Å². The molecular formula is C24H23FN2O2. The van der Waals surface area contributed by atoms with Crippen molar-refractivity contribution in [3.63, 3.8) is 0 Å². The average Bonchev–Trinajstić information content (AvgIpc) is 2.77. The Kier molecular flexibility index (Phi) is 7.11. The lowest BCUT2D eigenvalue weighted by Crippen LogP contribution is -2.34. The van der Waals surface area contributed by atoms with Crippen molar-refractivity contribution in [1.82, 2.24) is 4.90 Å². The number of hydrogen-bond acceptors (Lipinski definition) is 2. The van der Waals surface area contributed by atoms with Crippen LogP contribution in [0.4, 0.5) is 4.39 Å². The molecule has 0 N–H and O–H groups in total. The largest absolute Gasteiger partial charge is 0.468 e. The summed E-state index contributed by atoms with van der Waals surface area (Å²) < 4.78 is 18.6. The quantitative estimate of drug-likeness (QED) is 0.452. The highest BCUT2D eigenvalue weighted by molar-refractivity contribution is 6.01. The van der Waals surface area contributed by atoms with Crippen molar-refractivity contribution in [2.75, 3.05) is 13.7 Å². The summed E-state index contributed by atoms with van der Waals surface area (Å²) in [6.45, 7) is 1.18. The van der Waals surface area contributed by atoms with Gasteiger partial charge in [-0.2, -0.15) is 4.99 Å². The fraction of sp³-hybridized carbons (Fsp3) is 0.167. The normalized spacial score (nSPS) is 11.2. The van der Waals surface area contributed by atoms with Gasteiger partial charge in [-0.15, -0.1) is 0 Å². The Morgan fingerprint density at radius 1 is 0.897 bits per heavy atom. The van der Waals surface area contributed by atoms with Gasteiger partial charge in [-0.05, 0) is 41.8 Å². The molecule has 0 atom stereocenters. The predicted molar refractivity (Wildman–Crippen MR) is 112 cm³/mol. The second-order valence-corrected chi connectivity index (χ2v) is 6.55. The van der Waals surface area contributed by atoms with Crippen LogP contribution in [0.3, 0.4) is 0 Å². The zero-order valence-corrected chi connectivity index (χ0v) is 16.3. The topological polar surface area (TPSA) is 41.9 Å². The molecule has 0 aliphatic carbocycles. The number of aliphatic imine (C=N–C) groups is 1. The van der Waals surface area contributed by atoms with Crippen molar-refractivity contribution in [2.45, 2.75) is 13.0 Å². The Balaban J connectivity index is 1.82. The lowest BCUT2D eigenvalue weighted by Gasteiger charge is -2.24. The van der Waals surface area contributed by atoms with E-state index in [9.17, 15) is 9.18 Å². The maximum absolute atomic E-state index is 13.1. The van der Waals surface area contributed by atoms with Crippen LogP contribution in [-0.2, 0) is 17.7 Å². The number of ether oxygens (including phenoxy) is 1. The molecule has 0 aliphatic heterocycles. The zero-order valence-electron chi connectivity index (χ0n) is 16.3. The maximum atomic E-state index is 13.1. The van der Waals surface area contributed by atoms with E-state index in [1.165, 1.54) is 36.9 Å². The summed E-state index contributed by atoms with van der Waals surface area (Å²) in [6, 6.07) is 25.6. The number of rotatable bonds is 6. The fourth-order valence-electron chi connectivity index (χ4n) is 2.94. The summed E-state index contributed by atoms with van der Waals surface area (Å²) >= 11 is 0. The first-order valence-corrected chi connectivity index (χ1v) is 9.41. The number of benzene rings is 3. The summed E-state index contributed by atoms with van der Waals surface area (Å²) in [7, 11) is 1.50. The highest BCUT2D eigenvalue weighted by Crippen LogP contribution is 2.11. The third kappa shape index (κ3) is 6.01. The van der Waals surface area contributed by atoms with Gasteiger partial charge < -0.3 is 9.64 Å². The average molecular weight is 390 g/mol. The first kappa shape index (κ1) is 20.3. The number of carbonyl (C=O) groups excluding carboxylic acids is 1. The molecule has 3 aromatic rings. The van der Waals surface area contributed by atoms with Gasteiger partial charge in [-0.25, -0.2) is 4.39 Å². The van der Waals surface area contributed by atoms with E-state index in [-0.39, 0.29) is 6.02 Å². The van der Waals surface area contributed by atoms with Crippen LogP contribution in [0.2, 0.25) is 0 Å². The summed E-state index contributed by atoms with van der Waals surface area (Å²) in [6.07, 6.45) is 0.779. The summed E-state index contributed by atoms with van der Waals surface area (Å²) in [4.78, 5) is 18.6. The standard InChI is InChI=1S/C24H23FN2O2/c1-29-24(26-23(28)21-12-14-22(25)15-13-21)27(18-20-10-6-3-7-11-20)17-16-19-8-4-2-5-9-19/h2-15H,16-18H2,1H3. The minimum Gasteiger partial charge on any atom is -0.468 e. The number of amidine groups is 1. The summed E-state index contributed by atoms with van der Waals surface area (Å²) in [5, 5.41) is 0. The minimum atomic E-state index is -0.473. The maximum Gasteiger partial charge on any atom is 0.295 e. The molecule has 4 nitrogen and oxygen atoms in total. The molecule has 0 fully saturated rings. The lowest BCUT2D eigenvalue weighted by molar-refractivity contribution is 0.0995. The Morgan fingerprint density at radius 3 is 2.07 bits per heavy atom. The SMILES string of the molecule is COC(=NC(=O)c1ccc(F)cc1)N(CCc1ccccc1)Cc1ccccc1. The van der Waals surface area contributed by atoms with Crippen LogP contribution in [0.15, 0.2) is 89.9 Å². The molecule has 0 aliphatic rings. The highest BCUT2D eigenvalue weighted by atomic mass is 19.1.